The molecule has 5 nitrogen and oxygen atoms in total. The number of hydrogen-bond acceptors (Lipinski definition) is 6. The first-order valence-electron chi connectivity index (χ1n) is 8.36. The summed E-state index contributed by atoms with van der Waals surface area (Å²) in [6.45, 7) is 0. The van der Waals surface area contributed by atoms with Crippen LogP contribution in [0.1, 0.15) is 5.01 Å². The molecule has 0 radical (unpaired) electrons. The molecule has 0 aliphatic carbocycles. The molecule has 0 bridgehead atoms. The van der Waals surface area contributed by atoms with Crippen LogP contribution in [0, 0.1) is 11.3 Å². The summed E-state index contributed by atoms with van der Waals surface area (Å²) in [6.07, 6.45) is 1.53. The van der Waals surface area contributed by atoms with Gasteiger partial charge >= 0.3 is 5.63 Å². The van der Waals surface area contributed by atoms with Crippen LogP contribution >= 0.6 is 34.5 Å². The van der Waals surface area contributed by atoms with Crippen molar-refractivity contribution in [2.45, 2.75) is 0 Å². The number of allylic oxidation sites excluding steroid dienone is 1. The summed E-state index contributed by atoms with van der Waals surface area (Å²) < 4.78 is 5.36. The molecule has 0 aliphatic rings. The van der Waals surface area contributed by atoms with Gasteiger partial charge in [-0.15, -0.1) is 11.3 Å². The van der Waals surface area contributed by atoms with Gasteiger partial charge < -0.3 is 9.73 Å². The molecule has 1 N–H and O–H groups in total. The summed E-state index contributed by atoms with van der Waals surface area (Å²) in [6, 6.07) is 16.2. The van der Waals surface area contributed by atoms with E-state index in [9.17, 15) is 10.1 Å². The summed E-state index contributed by atoms with van der Waals surface area (Å²) in [7, 11) is 0. The second kappa shape index (κ2) is 8.10. The molecule has 2 aromatic heterocycles. The van der Waals surface area contributed by atoms with Gasteiger partial charge in [0.25, 0.3) is 0 Å². The third kappa shape index (κ3) is 4.03. The Labute approximate surface area is 179 Å². The molecule has 0 fully saturated rings. The predicted molar refractivity (Wildman–Crippen MR) is 117 cm³/mol. The van der Waals surface area contributed by atoms with Crippen LogP contribution in [0.25, 0.3) is 27.8 Å². The molecule has 0 aliphatic heterocycles. The molecular weight excluding hydrogens is 429 g/mol. The van der Waals surface area contributed by atoms with Crippen LogP contribution in [0.15, 0.2) is 69.3 Å². The Kier molecular flexibility index (Phi) is 5.36. The van der Waals surface area contributed by atoms with Crippen molar-refractivity contribution in [3.8, 4) is 17.3 Å². The van der Waals surface area contributed by atoms with E-state index in [0.29, 0.717) is 43.2 Å². The molecule has 2 heterocycles. The van der Waals surface area contributed by atoms with Crippen LogP contribution in [0.5, 0.6) is 0 Å². The predicted octanol–water partition coefficient (Wildman–Crippen LogP) is 6.20. The van der Waals surface area contributed by atoms with Gasteiger partial charge in [0.05, 0.1) is 21.3 Å². The van der Waals surface area contributed by atoms with E-state index in [1.807, 2.05) is 12.1 Å². The maximum Gasteiger partial charge on any atom is 0.345 e. The van der Waals surface area contributed by atoms with E-state index >= 15 is 0 Å². The zero-order chi connectivity index (χ0) is 20.4. The Morgan fingerprint density at radius 1 is 1.17 bits per heavy atom. The van der Waals surface area contributed by atoms with Gasteiger partial charge in [-0.05, 0) is 30.3 Å². The lowest BCUT2D eigenvalue weighted by atomic mass is 10.1. The quantitative estimate of drug-likeness (QED) is 0.302. The molecule has 0 unspecified atom stereocenters. The molecule has 8 heteroatoms. The molecule has 4 aromatic rings. The van der Waals surface area contributed by atoms with Gasteiger partial charge in [-0.25, -0.2) is 9.78 Å². The Balaban J connectivity index is 1.65. The number of rotatable bonds is 4. The van der Waals surface area contributed by atoms with Crippen molar-refractivity contribution in [2.75, 3.05) is 5.32 Å². The Morgan fingerprint density at radius 2 is 2.00 bits per heavy atom. The number of fused-ring (bicyclic) bond motifs is 1. The van der Waals surface area contributed by atoms with E-state index in [2.05, 4.69) is 16.4 Å². The van der Waals surface area contributed by atoms with Crippen molar-refractivity contribution in [3.05, 3.63) is 85.6 Å². The first kappa shape index (κ1) is 19.2. The van der Waals surface area contributed by atoms with Crippen molar-refractivity contribution < 1.29 is 4.42 Å². The second-order valence-electron chi connectivity index (χ2n) is 5.97. The van der Waals surface area contributed by atoms with Crippen molar-refractivity contribution >= 4 is 56.8 Å². The molecule has 142 valence electrons. The Morgan fingerprint density at radius 3 is 2.79 bits per heavy atom. The van der Waals surface area contributed by atoms with E-state index in [1.165, 1.54) is 17.5 Å². The van der Waals surface area contributed by atoms with E-state index in [1.54, 1.807) is 41.8 Å². The average molecular weight is 440 g/mol. The number of nitrogens with zero attached hydrogens (tertiary/aromatic N) is 2. The fourth-order valence-corrected chi connectivity index (χ4v) is 3.73. The van der Waals surface area contributed by atoms with E-state index in [-0.39, 0.29) is 0 Å². The highest BCUT2D eigenvalue weighted by atomic mass is 35.5. The second-order valence-corrected chi connectivity index (χ2v) is 7.64. The van der Waals surface area contributed by atoms with Crippen LogP contribution in [-0.4, -0.2) is 4.98 Å². The number of nitriles is 1. The summed E-state index contributed by atoms with van der Waals surface area (Å²) in [5.74, 6) is 0. The van der Waals surface area contributed by atoms with E-state index in [0.717, 1.165) is 5.39 Å². The molecule has 0 spiro atoms. The monoisotopic (exact) mass is 439 g/mol. The number of hydrogen-bond donors (Lipinski definition) is 1. The van der Waals surface area contributed by atoms with Crippen LogP contribution in [-0.2, 0) is 0 Å². The maximum atomic E-state index is 12.3. The Hall–Kier alpha value is -3.11. The van der Waals surface area contributed by atoms with Crippen LogP contribution in [0.2, 0.25) is 10.0 Å². The average Bonchev–Trinajstić information content (AvgIpc) is 3.20. The van der Waals surface area contributed by atoms with Gasteiger partial charge in [0.2, 0.25) is 0 Å². The van der Waals surface area contributed by atoms with Crippen LogP contribution in [0.3, 0.4) is 0 Å². The molecular formula is C21H11Cl2N3O2S. The highest BCUT2D eigenvalue weighted by Gasteiger charge is 2.13. The molecule has 0 saturated carbocycles. The van der Waals surface area contributed by atoms with Gasteiger partial charge in [-0.3, -0.25) is 0 Å². The fraction of sp³-hybridized carbons (Fsp3) is 0. The van der Waals surface area contributed by atoms with Gasteiger partial charge in [0.15, 0.2) is 0 Å². The molecule has 4 rings (SSSR count). The summed E-state index contributed by atoms with van der Waals surface area (Å²) >= 11 is 13.2. The minimum absolute atomic E-state index is 0.317. The van der Waals surface area contributed by atoms with Crippen LogP contribution < -0.4 is 10.9 Å². The number of aromatic nitrogens is 1. The number of thiazole rings is 1. The molecule has 2 aromatic carbocycles. The van der Waals surface area contributed by atoms with Crippen LogP contribution in [0.4, 0.5) is 5.69 Å². The molecule has 0 amide bonds. The lowest BCUT2D eigenvalue weighted by Gasteiger charge is -2.03. The number of nitrogens with one attached hydrogen (secondary N) is 1. The molecule has 29 heavy (non-hydrogen) atoms. The van der Waals surface area contributed by atoms with Gasteiger partial charge in [-0.2, -0.15) is 5.26 Å². The van der Waals surface area contributed by atoms with Crippen molar-refractivity contribution in [1.82, 2.24) is 4.98 Å². The van der Waals surface area contributed by atoms with Crippen molar-refractivity contribution in [1.29, 1.82) is 5.26 Å². The number of anilines is 1. The number of benzene rings is 2. The highest BCUT2D eigenvalue weighted by molar-refractivity contribution is 7.11. The zero-order valence-electron chi connectivity index (χ0n) is 14.6. The highest BCUT2D eigenvalue weighted by Crippen LogP contribution is 2.28. The Bertz CT molecular complexity index is 1350. The van der Waals surface area contributed by atoms with Crippen molar-refractivity contribution in [2.24, 2.45) is 0 Å². The minimum Gasteiger partial charge on any atom is -0.422 e. The summed E-state index contributed by atoms with van der Waals surface area (Å²) in [4.78, 5) is 16.8. The zero-order valence-corrected chi connectivity index (χ0v) is 17.0. The fourth-order valence-electron chi connectivity index (χ4n) is 2.64. The number of halogens is 2. The summed E-state index contributed by atoms with van der Waals surface area (Å²) in [5.41, 5.74) is 1.84. The summed E-state index contributed by atoms with van der Waals surface area (Å²) in [5, 5.41) is 16.4. The van der Waals surface area contributed by atoms with Crippen molar-refractivity contribution in [3.63, 3.8) is 0 Å². The molecule has 0 atom stereocenters. The SMILES string of the molecule is N#CC(=CNc1ccc(Cl)c(Cl)c1)c1nc(-c2cc3ccccc3oc2=O)cs1. The van der Waals surface area contributed by atoms with Gasteiger partial charge in [0, 0.05) is 22.7 Å². The van der Waals surface area contributed by atoms with Gasteiger partial charge in [-0.1, -0.05) is 41.4 Å². The topological polar surface area (TPSA) is 78.9 Å². The third-order valence-electron chi connectivity index (χ3n) is 4.08. The minimum atomic E-state index is -0.475. The largest absolute Gasteiger partial charge is 0.422 e. The van der Waals surface area contributed by atoms with Gasteiger partial charge in [0.1, 0.15) is 22.2 Å². The molecule has 0 saturated heterocycles. The normalized spacial score (nSPS) is 11.4. The number of para-hydroxylation sites is 1. The van der Waals surface area contributed by atoms with E-state index < -0.39 is 5.63 Å². The first-order valence-corrected chi connectivity index (χ1v) is 10.00. The van der Waals surface area contributed by atoms with E-state index in [4.69, 9.17) is 27.6 Å². The maximum absolute atomic E-state index is 12.3. The lowest BCUT2D eigenvalue weighted by molar-refractivity contribution is 0.563. The smallest absolute Gasteiger partial charge is 0.345 e. The lowest BCUT2D eigenvalue weighted by Crippen LogP contribution is -2.02. The standard InChI is InChI=1S/C21H11Cl2N3O2S/c22-16-6-5-14(8-17(16)23)25-10-13(9-24)20-26-18(11-29-20)15-7-12-3-1-2-4-19(12)28-21(15)27/h1-8,10-11,25H. The third-order valence-corrected chi connectivity index (χ3v) is 5.69. The first-order chi connectivity index (χ1) is 14.0.